The first-order valence-corrected chi connectivity index (χ1v) is 12.8. The molecule has 1 spiro atoms. The number of carbonyl (C=O) groups is 2. The van der Waals surface area contributed by atoms with Crippen LogP contribution in [0.2, 0.25) is 0 Å². The minimum absolute atomic E-state index is 0.0227. The summed E-state index contributed by atoms with van der Waals surface area (Å²) in [7, 11) is 1.91. The van der Waals surface area contributed by atoms with Crippen molar-refractivity contribution in [3.63, 3.8) is 0 Å². The zero-order valence-corrected chi connectivity index (χ0v) is 20.5. The van der Waals surface area contributed by atoms with E-state index < -0.39 is 5.54 Å². The molecule has 2 aliphatic heterocycles. The molecule has 8 heteroatoms. The van der Waals surface area contributed by atoms with E-state index in [1.54, 1.807) is 11.0 Å². The molecule has 3 heterocycles. The number of nitrogens with zero attached hydrogens (tertiary/aromatic N) is 5. The summed E-state index contributed by atoms with van der Waals surface area (Å²) < 4.78 is 17.4. The van der Waals surface area contributed by atoms with Crippen molar-refractivity contribution < 1.29 is 14.0 Å². The number of halogens is 1. The number of rotatable bonds is 5. The highest BCUT2D eigenvalue weighted by Crippen LogP contribution is 2.46. The number of hydrogen-bond donors (Lipinski definition) is 0. The molecule has 0 N–H and O–H groups in total. The van der Waals surface area contributed by atoms with Crippen LogP contribution in [-0.4, -0.2) is 62.4 Å². The number of amides is 2. The van der Waals surface area contributed by atoms with Crippen molar-refractivity contribution in [2.45, 2.75) is 38.1 Å². The Balaban J connectivity index is 1.15. The smallest absolute Gasteiger partial charge is 0.256 e. The van der Waals surface area contributed by atoms with E-state index in [1.807, 2.05) is 47.8 Å². The van der Waals surface area contributed by atoms with E-state index in [0.717, 1.165) is 40.6 Å². The van der Waals surface area contributed by atoms with Gasteiger partial charge in [0.2, 0.25) is 5.91 Å². The second kappa shape index (κ2) is 7.48. The molecule has 36 heavy (non-hydrogen) atoms. The Kier molecular flexibility index (Phi) is 4.51. The zero-order valence-electron chi connectivity index (χ0n) is 20.5. The number of carbonyl (C=O) groups excluding carboxylic acids is 2. The van der Waals surface area contributed by atoms with Crippen molar-refractivity contribution in [2.24, 2.45) is 23.9 Å². The van der Waals surface area contributed by atoms with Gasteiger partial charge in [0, 0.05) is 43.9 Å². The van der Waals surface area contributed by atoms with Crippen LogP contribution in [0, 0.1) is 24.6 Å². The maximum absolute atomic E-state index is 15.6. The van der Waals surface area contributed by atoms with Gasteiger partial charge in [-0.15, -0.1) is 0 Å². The molecule has 3 aromatic rings. The molecule has 1 aromatic heterocycles. The van der Waals surface area contributed by atoms with Crippen LogP contribution >= 0.6 is 0 Å². The van der Waals surface area contributed by atoms with E-state index >= 15 is 4.39 Å². The van der Waals surface area contributed by atoms with Gasteiger partial charge in [0.1, 0.15) is 17.2 Å². The molecule has 4 aliphatic rings. The largest absolute Gasteiger partial charge is 0.342 e. The average Bonchev–Trinajstić information content (AvgIpc) is 3.75. The molecule has 3 fully saturated rings. The lowest BCUT2D eigenvalue weighted by Gasteiger charge is -2.41. The fourth-order valence-corrected chi connectivity index (χ4v) is 5.69. The normalized spacial score (nSPS) is 20.9. The summed E-state index contributed by atoms with van der Waals surface area (Å²) in [6.45, 7) is 3.77. The van der Waals surface area contributed by atoms with Crippen LogP contribution in [0.15, 0.2) is 41.4 Å². The molecule has 7 nitrogen and oxygen atoms in total. The molecule has 0 bridgehead atoms. The summed E-state index contributed by atoms with van der Waals surface area (Å²) in [5, 5.41) is 5.52. The van der Waals surface area contributed by atoms with Gasteiger partial charge in [-0.1, -0.05) is 12.1 Å². The lowest BCUT2D eigenvalue weighted by atomic mass is 9.97. The Hall–Kier alpha value is -3.55. The Morgan fingerprint density at radius 1 is 1.11 bits per heavy atom. The molecule has 0 radical (unpaired) electrons. The van der Waals surface area contributed by atoms with Gasteiger partial charge in [-0.05, 0) is 68.0 Å². The lowest BCUT2D eigenvalue weighted by molar-refractivity contribution is -0.139. The monoisotopic (exact) mass is 485 g/mol. The van der Waals surface area contributed by atoms with Crippen molar-refractivity contribution in [2.75, 3.05) is 19.6 Å². The summed E-state index contributed by atoms with van der Waals surface area (Å²) in [4.78, 5) is 33.8. The molecule has 2 aromatic carbocycles. The fourth-order valence-electron chi connectivity index (χ4n) is 5.69. The third-order valence-corrected chi connectivity index (χ3v) is 8.16. The molecule has 2 amide bonds. The van der Waals surface area contributed by atoms with Gasteiger partial charge >= 0.3 is 0 Å². The first kappa shape index (κ1) is 21.7. The predicted molar refractivity (Wildman–Crippen MR) is 134 cm³/mol. The van der Waals surface area contributed by atoms with E-state index in [0.29, 0.717) is 43.9 Å². The minimum Gasteiger partial charge on any atom is -0.342 e. The van der Waals surface area contributed by atoms with Crippen molar-refractivity contribution in [1.29, 1.82) is 0 Å². The van der Waals surface area contributed by atoms with E-state index in [4.69, 9.17) is 4.99 Å². The van der Waals surface area contributed by atoms with E-state index in [-0.39, 0.29) is 29.5 Å². The molecular formula is C28H28FN5O2. The first-order chi connectivity index (χ1) is 17.3. The molecule has 7 rings (SSSR count). The number of aromatic nitrogens is 2. The predicted octanol–water partition coefficient (Wildman–Crippen LogP) is 3.68. The third-order valence-electron chi connectivity index (χ3n) is 8.16. The quantitative estimate of drug-likeness (QED) is 0.554. The summed E-state index contributed by atoms with van der Waals surface area (Å²) >= 11 is 0. The van der Waals surface area contributed by atoms with Crippen LogP contribution in [-0.2, 0) is 16.6 Å². The van der Waals surface area contributed by atoms with Crippen molar-refractivity contribution in [1.82, 2.24) is 19.6 Å². The first-order valence-electron chi connectivity index (χ1n) is 12.8. The fraction of sp³-hybridized carbons (Fsp3) is 0.429. The number of amidine groups is 1. The molecule has 1 saturated heterocycles. The van der Waals surface area contributed by atoms with E-state index in [2.05, 4.69) is 5.10 Å². The average molecular weight is 486 g/mol. The maximum atomic E-state index is 15.6. The number of aliphatic imine (C=N–C) groups is 1. The Morgan fingerprint density at radius 2 is 1.83 bits per heavy atom. The van der Waals surface area contributed by atoms with Gasteiger partial charge in [-0.3, -0.25) is 24.2 Å². The summed E-state index contributed by atoms with van der Waals surface area (Å²) in [5.74, 6) is 0.684. The molecule has 0 atom stereocenters. The van der Waals surface area contributed by atoms with Gasteiger partial charge in [0.25, 0.3) is 5.91 Å². The van der Waals surface area contributed by atoms with Crippen molar-refractivity contribution in [3.05, 3.63) is 53.5 Å². The van der Waals surface area contributed by atoms with Gasteiger partial charge in [-0.2, -0.15) is 5.10 Å². The number of likely N-dealkylation sites (tertiary alicyclic amines) is 1. The molecule has 0 unspecified atom stereocenters. The van der Waals surface area contributed by atoms with Crippen LogP contribution in [0.5, 0.6) is 0 Å². The van der Waals surface area contributed by atoms with Crippen LogP contribution in [0.25, 0.3) is 22.0 Å². The number of benzene rings is 2. The van der Waals surface area contributed by atoms with Gasteiger partial charge in [-0.25, -0.2) is 4.39 Å². The standard InChI is InChI=1S/C28H28FN5O2/c1-16-22-11-19(6-8-24(22)32(2)31-16)20-5-7-21(23(29)12-20)25-30-28(9-10-28)27(36)34(25)15-17-13-33(14-17)26(35)18-3-4-18/h5-8,11-12,17-18H,3-4,9-10,13-15H2,1-2H3. The van der Waals surface area contributed by atoms with Gasteiger partial charge in [0.05, 0.1) is 16.8 Å². The SMILES string of the molecule is Cc1nn(C)c2ccc(-c3ccc(C4=NC5(CC5)C(=O)N4CC4CN(C(=O)C5CC5)C4)c(F)c3)cc12. The van der Waals surface area contributed by atoms with E-state index in [9.17, 15) is 9.59 Å². The van der Waals surface area contributed by atoms with Crippen LogP contribution in [0.1, 0.15) is 36.9 Å². The van der Waals surface area contributed by atoms with E-state index in [1.165, 1.54) is 6.07 Å². The number of hydrogen-bond acceptors (Lipinski definition) is 4. The maximum Gasteiger partial charge on any atom is 0.256 e. The number of aryl methyl sites for hydroxylation is 2. The summed E-state index contributed by atoms with van der Waals surface area (Å²) in [6.07, 6.45) is 3.42. The Bertz CT molecular complexity index is 1480. The topological polar surface area (TPSA) is 70.8 Å². The second-order valence-corrected chi connectivity index (χ2v) is 10.9. The Labute approximate surface area is 208 Å². The molecular weight excluding hydrogens is 457 g/mol. The lowest BCUT2D eigenvalue weighted by Crippen LogP contribution is -2.55. The second-order valence-electron chi connectivity index (χ2n) is 10.9. The van der Waals surface area contributed by atoms with Crippen LogP contribution < -0.4 is 0 Å². The Morgan fingerprint density at radius 3 is 2.53 bits per heavy atom. The van der Waals surface area contributed by atoms with Crippen molar-refractivity contribution in [3.8, 4) is 11.1 Å². The summed E-state index contributed by atoms with van der Waals surface area (Å²) in [5.41, 5.74) is 3.32. The van der Waals surface area contributed by atoms with Gasteiger partial charge in [0.15, 0.2) is 0 Å². The third kappa shape index (κ3) is 3.30. The van der Waals surface area contributed by atoms with Crippen LogP contribution in [0.4, 0.5) is 4.39 Å². The van der Waals surface area contributed by atoms with Gasteiger partial charge < -0.3 is 4.90 Å². The highest BCUT2D eigenvalue weighted by atomic mass is 19.1. The highest BCUT2D eigenvalue weighted by molar-refractivity contribution is 6.16. The molecule has 184 valence electrons. The minimum atomic E-state index is -0.698. The van der Waals surface area contributed by atoms with Crippen molar-refractivity contribution >= 4 is 28.6 Å². The zero-order chi connectivity index (χ0) is 24.8. The van der Waals surface area contributed by atoms with Crippen LogP contribution in [0.3, 0.4) is 0 Å². The molecule has 2 saturated carbocycles. The molecule has 2 aliphatic carbocycles. The highest BCUT2D eigenvalue weighted by Gasteiger charge is 2.58. The number of fused-ring (bicyclic) bond motifs is 1. The summed E-state index contributed by atoms with van der Waals surface area (Å²) in [6, 6.07) is 11.2.